The molecule has 0 saturated heterocycles. The molecule has 1 fully saturated rings. The Balaban J connectivity index is 0.00000208. The van der Waals surface area contributed by atoms with E-state index in [9.17, 15) is 9.90 Å². The van der Waals surface area contributed by atoms with Gasteiger partial charge in [0.05, 0.1) is 6.04 Å². The minimum absolute atomic E-state index is 0. The van der Waals surface area contributed by atoms with E-state index in [4.69, 9.17) is 5.73 Å². The molecule has 2 aliphatic rings. The molecule has 1 amide bonds. The highest BCUT2D eigenvalue weighted by Gasteiger charge is 2.30. The maximum Gasteiger partial charge on any atom is 0.250 e. The van der Waals surface area contributed by atoms with Crippen molar-refractivity contribution < 1.29 is 9.90 Å². The molecule has 1 aromatic carbocycles. The van der Waals surface area contributed by atoms with Crippen molar-refractivity contribution in [1.82, 2.24) is 5.32 Å². The number of nitrogens with two attached hydrogens (primary N) is 1. The summed E-state index contributed by atoms with van der Waals surface area (Å²) >= 11 is 0. The quantitative estimate of drug-likeness (QED) is 0.762. The predicted molar refractivity (Wildman–Crippen MR) is 98.1 cm³/mol. The van der Waals surface area contributed by atoms with Crippen LogP contribution >= 0.6 is 12.4 Å². The van der Waals surface area contributed by atoms with Gasteiger partial charge in [0.25, 0.3) is 5.91 Å². The number of nitrogens with one attached hydrogen (secondary N) is 1. The zero-order valence-electron chi connectivity index (χ0n) is 14.1. The Labute approximate surface area is 150 Å². The van der Waals surface area contributed by atoms with Crippen molar-refractivity contribution in [2.75, 3.05) is 0 Å². The average Bonchev–Trinajstić information content (AvgIpc) is 2.98. The topological polar surface area (TPSA) is 75.3 Å². The molecule has 1 saturated carbocycles. The lowest BCUT2D eigenvalue weighted by molar-refractivity contribution is -0.131. The zero-order valence-corrected chi connectivity index (χ0v) is 14.9. The van der Waals surface area contributed by atoms with Crippen LogP contribution in [0, 0.1) is 5.92 Å². The van der Waals surface area contributed by atoms with E-state index in [1.807, 2.05) is 12.1 Å². The van der Waals surface area contributed by atoms with E-state index in [2.05, 4.69) is 17.4 Å². The second-order valence-corrected chi connectivity index (χ2v) is 7.15. The smallest absolute Gasteiger partial charge is 0.250 e. The highest BCUT2D eigenvalue weighted by molar-refractivity contribution is 5.85. The summed E-state index contributed by atoms with van der Waals surface area (Å²) in [4.78, 5) is 12.4. The van der Waals surface area contributed by atoms with Crippen molar-refractivity contribution in [2.45, 2.75) is 69.6 Å². The molecule has 3 rings (SSSR count). The number of hydrogen-bond acceptors (Lipinski definition) is 3. The fourth-order valence-electron chi connectivity index (χ4n) is 4.10. The van der Waals surface area contributed by atoms with Crippen LogP contribution < -0.4 is 11.1 Å². The maximum atomic E-state index is 12.4. The molecule has 0 aliphatic heterocycles. The minimum atomic E-state index is -1.11. The van der Waals surface area contributed by atoms with Crippen molar-refractivity contribution >= 4 is 18.3 Å². The van der Waals surface area contributed by atoms with Crippen LogP contribution in [0.4, 0.5) is 0 Å². The highest BCUT2D eigenvalue weighted by Crippen LogP contribution is 2.31. The molecule has 0 spiro atoms. The van der Waals surface area contributed by atoms with E-state index >= 15 is 0 Å². The van der Waals surface area contributed by atoms with Crippen LogP contribution in [0.1, 0.15) is 62.1 Å². The van der Waals surface area contributed by atoms with Gasteiger partial charge in [0.2, 0.25) is 0 Å². The van der Waals surface area contributed by atoms with Gasteiger partial charge in [-0.15, -0.1) is 12.4 Å². The number of aryl methyl sites for hydroxylation is 1. The molecule has 0 heterocycles. The fraction of sp³-hybridized carbons (Fsp3) is 0.632. The Morgan fingerprint density at radius 2 is 1.92 bits per heavy atom. The summed E-state index contributed by atoms with van der Waals surface area (Å²) in [6.07, 6.45) is 7.67. The normalized spacial score (nSPS) is 23.0. The van der Waals surface area contributed by atoms with Crippen LogP contribution in [-0.4, -0.2) is 23.2 Å². The van der Waals surface area contributed by atoms with Crippen LogP contribution in [-0.2, 0) is 11.2 Å². The van der Waals surface area contributed by atoms with Crippen LogP contribution in [0.3, 0.4) is 0 Å². The Morgan fingerprint density at radius 1 is 1.21 bits per heavy atom. The molecule has 24 heavy (non-hydrogen) atoms. The molecule has 0 aromatic heterocycles. The third kappa shape index (κ3) is 4.50. The van der Waals surface area contributed by atoms with Gasteiger partial charge in [0.15, 0.2) is 0 Å². The van der Waals surface area contributed by atoms with Crippen molar-refractivity contribution in [1.29, 1.82) is 0 Å². The predicted octanol–water partition coefficient (Wildman–Crippen LogP) is 2.87. The molecular weight excluding hydrogens is 324 g/mol. The van der Waals surface area contributed by atoms with Crippen molar-refractivity contribution in [3.63, 3.8) is 0 Å². The van der Waals surface area contributed by atoms with Gasteiger partial charge in [0.1, 0.15) is 6.10 Å². The summed E-state index contributed by atoms with van der Waals surface area (Å²) in [6.45, 7) is 0. The second kappa shape index (κ2) is 8.84. The number of aliphatic hydroxyl groups is 1. The SMILES string of the molecule is Cl.N[C@H](CC1CCCCC1)C(O)C(=O)NC1CCc2ccccc21. The number of carbonyl (C=O) groups is 1. The molecule has 5 heteroatoms. The molecule has 1 aromatic rings. The first-order valence-corrected chi connectivity index (χ1v) is 8.97. The lowest BCUT2D eigenvalue weighted by atomic mass is 9.84. The molecule has 0 bridgehead atoms. The van der Waals surface area contributed by atoms with Gasteiger partial charge in [-0.2, -0.15) is 0 Å². The van der Waals surface area contributed by atoms with Crippen molar-refractivity contribution in [3.8, 4) is 0 Å². The van der Waals surface area contributed by atoms with Gasteiger partial charge in [-0.3, -0.25) is 4.79 Å². The number of benzene rings is 1. The van der Waals surface area contributed by atoms with Gasteiger partial charge in [-0.1, -0.05) is 56.4 Å². The zero-order chi connectivity index (χ0) is 16.2. The molecule has 3 atom stereocenters. The lowest BCUT2D eigenvalue weighted by Gasteiger charge is -2.27. The standard InChI is InChI=1S/C19H28N2O2.ClH/c20-16(12-13-6-2-1-3-7-13)18(22)19(23)21-17-11-10-14-8-4-5-9-15(14)17;/h4-5,8-9,13,16-18,22H,1-3,6-7,10-12,20H2,(H,21,23);1H/t16-,17?,18?;/m1./s1. The summed E-state index contributed by atoms with van der Waals surface area (Å²) in [5.74, 6) is 0.239. The maximum absolute atomic E-state index is 12.4. The monoisotopic (exact) mass is 352 g/mol. The van der Waals surface area contributed by atoms with Gasteiger partial charge in [0, 0.05) is 6.04 Å². The van der Waals surface area contributed by atoms with Gasteiger partial charge >= 0.3 is 0 Å². The number of aliphatic hydroxyl groups excluding tert-OH is 1. The number of fused-ring (bicyclic) bond motifs is 1. The van der Waals surface area contributed by atoms with E-state index in [1.54, 1.807) is 0 Å². The summed E-state index contributed by atoms with van der Waals surface area (Å²) < 4.78 is 0. The Kier molecular flexibility index (Phi) is 7.08. The first-order chi connectivity index (χ1) is 11.1. The van der Waals surface area contributed by atoms with Crippen LogP contribution in [0.5, 0.6) is 0 Å². The second-order valence-electron chi connectivity index (χ2n) is 7.15. The molecule has 4 nitrogen and oxygen atoms in total. The molecule has 4 N–H and O–H groups in total. The first kappa shape index (κ1) is 19.2. The molecule has 0 radical (unpaired) electrons. The number of amides is 1. The van der Waals surface area contributed by atoms with Crippen molar-refractivity contribution in [2.24, 2.45) is 11.7 Å². The summed E-state index contributed by atoms with van der Waals surface area (Å²) in [5.41, 5.74) is 8.57. The molecule has 2 aliphatic carbocycles. The highest BCUT2D eigenvalue weighted by atomic mass is 35.5. The summed E-state index contributed by atoms with van der Waals surface area (Å²) in [6, 6.07) is 7.73. The molecular formula is C19H29ClN2O2. The Morgan fingerprint density at radius 3 is 2.67 bits per heavy atom. The number of rotatable bonds is 5. The van der Waals surface area contributed by atoms with Crippen LogP contribution in [0.2, 0.25) is 0 Å². The van der Waals surface area contributed by atoms with Crippen molar-refractivity contribution in [3.05, 3.63) is 35.4 Å². The molecule has 2 unspecified atom stereocenters. The van der Waals surface area contributed by atoms with E-state index in [-0.39, 0.29) is 24.4 Å². The van der Waals surface area contributed by atoms with Gasteiger partial charge < -0.3 is 16.2 Å². The van der Waals surface area contributed by atoms with E-state index < -0.39 is 12.1 Å². The lowest BCUT2D eigenvalue weighted by Crippen LogP contribution is -2.47. The van der Waals surface area contributed by atoms with Gasteiger partial charge in [-0.25, -0.2) is 0 Å². The molecule has 134 valence electrons. The third-order valence-electron chi connectivity index (χ3n) is 5.45. The van der Waals surface area contributed by atoms with Crippen LogP contribution in [0.25, 0.3) is 0 Å². The largest absolute Gasteiger partial charge is 0.382 e. The Bertz CT molecular complexity index is 546. The fourth-order valence-corrected chi connectivity index (χ4v) is 4.10. The number of hydrogen-bond donors (Lipinski definition) is 3. The van der Waals surface area contributed by atoms with E-state index in [0.29, 0.717) is 5.92 Å². The average molecular weight is 353 g/mol. The number of carbonyl (C=O) groups excluding carboxylic acids is 1. The summed E-state index contributed by atoms with van der Waals surface area (Å²) in [5, 5.41) is 13.3. The minimum Gasteiger partial charge on any atom is -0.382 e. The van der Waals surface area contributed by atoms with E-state index in [1.165, 1.54) is 43.2 Å². The third-order valence-corrected chi connectivity index (χ3v) is 5.45. The van der Waals surface area contributed by atoms with E-state index in [0.717, 1.165) is 19.3 Å². The summed E-state index contributed by atoms with van der Waals surface area (Å²) in [7, 11) is 0. The van der Waals surface area contributed by atoms with Gasteiger partial charge in [-0.05, 0) is 36.3 Å². The van der Waals surface area contributed by atoms with Crippen LogP contribution in [0.15, 0.2) is 24.3 Å². The Hall–Kier alpha value is -1.10. The number of halogens is 1. The first-order valence-electron chi connectivity index (χ1n) is 8.97.